The Balaban J connectivity index is 2.40. The normalized spacial score (nSPS) is 10.2. The van der Waals surface area contributed by atoms with Crippen LogP contribution in [0.15, 0.2) is 55.1 Å². The maximum atomic E-state index is 5.89. The van der Waals surface area contributed by atoms with Crippen molar-refractivity contribution in [2.45, 2.75) is 13.3 Å². The van der Waals surface area contributed by atoms with Crippen LogP contribution >= 0.6 is 11.6 Å². The van der Waals surface area contributed by atoms with Crippen LogP contribution in [-0.4, -0.2) is 0 Å². The summed E-state index contributed by atoms with van der Waals surface area (Å²) in [6.07, 6.45) is 1.02. The molecule has 0 aromatic heterocycles. The van der Waals surface area contributed by atoms with Crippen LogP contribution in [0.5, 0.6) is 0 Å². The number of hydrogen-bond acceptors (Lipinski definition) is 0. The lowest BCUT2D eigenvalue weighted by Crippen LogP contribution is -1.92. The first-order valence-electron chi connectivity index (χ1n) is 5.75. The van der Waals surface area contributed by atoms with E-state index in [-0.39, 0.29) is 0 Å². The van der Waals surface area contributed by atoms with Gasteiger partial charge < -0.3 is 0 Å². The predicted octanol–water partition coefficient (Wildman–Crippen LogP) is 4.96. The highest BCUT2D eigenvalue weighted by Gasteiger charge is 2.06. The van der Waals surface area contributed by atoms with Crippen molar-refractivity contribution in [3.8, 4) is 0 Å². The first-order chi connectivity index (χ1) is 8.22. The van der Waals surface area contributed by atoms with Crippen LogP contribution in [0.25, 0.3) is 5.57 Å². The molecule has 0 N–H and O–H groups in total. The van der Waals surface area contributed by atoms with Crippen LogP contribution in [0.1, 0.15) is 23.6 Å². The van der Waals surface area contributed by atoms with Crippen molar-refractivity contribution in [1.29, 1.82) is 0 Å². The molecule has 0 aliphatic carbocycles. The van der Waals surface area contributed by atoms with Crippen molar-refractivity contribution in [2.24, 2.45) is 0 Å². The molecular weight excluding hydrogens is 228 g/mol. The summed E-state index contributed by atoms with van der Waals surface area (Å²) in [6, 6.07) is 16.2. The molecular formula is C16H15Cl. The molecule has 2 aromatic rings. The monoisotopic (exact) mass is 242 g/mol. The van der Waals surface area contributed by atoms with Gasteiger partial charge >= 0.3 is 0 Å². The second-order valence-corrected chi connectivity index (χ2v) is 4.43. The van der Waals surface area contributed by atoms with E-state index in [0.29, 0.717) is 0 Å². The van der Waals surface area contributed by atoms with Crippen molar-refractivity contribution >= 4 is 17.2 Å². The molecule has 0 bridgehead atoms. The third-order valence-electron chi connectivity index (χ3n) is 2.92. The summed E-state index contributed by atoms with van der Waals surface area (Å²) in [5.41, 5.74) is 4.72. The van der Waals surface area contributed by atoms with Gasteiger partial charge in [0.05, 0.1) is 0 Å². The lowest BCUT2D eigenvalue weighted by atomic mass is 9.94. The van der Waals surface area contributed by atoms with Crippen LogP contribution in [0.2, 0.25) is 5.02 Å². The van der Waals surface area contributed by atoms with Gasteiger partial charge in [-0.2, -0.15) is 0 Å². The number of rotatable bonds is 3. The van der Waals surface area contributed by atoms with Gasteiger partial charge in [-0.3, -0.25) is 0 Å². The van der Waals surface area contributed by atoms with E-state index >= 15 is 0 Å². The van der Waals surface area contributed by atoms with E-state index in [1.165, 1.54) is 11.1 Å². The highest BCUT2D eigenvalue weighted by Crippen LogP contribution is 2.25. The quantitative estimate of drug-likeness (QED) is 0.713. The molecule has 0 amide bonds. The van der Waals surface area contributed by atoms with Crippen LogP contribution < -0.4 is 0 Å². The molecule has 0 aliphatic heterocycles. The summed E-state index contributed by atoms with van der Waals surface area (Å²) in [5, 5.41) is 0.755. The van der Waals surface area contributed by atoms with Gasteiger partial charge in [0.15, 0.2) is 0 Å². The minimum Gasteiger partial charge on any atom is -0.0905 e. The van der Waals surface area contributed by atoms with Crippen LogP contribution in [0, 0.1) is 0 Å². The second kappa shape index (κ2) is 5.20. The highest BCUT2D eigenvalue weighted by molar-refractivity contribution is 6.30. The first kappa shape index (κ1) is 11.9. The fourth-order valence-electron chi connectivity index (χ4n) is 1.93. The highest BCUT2D eigenvalue weighted by atomic mass is 35.5. The van der Waals surface area contributed by atoms with Gasteiger partial charge in [0.25, 0.3) is 0 Å². The Kier molecular flexibility index (Phi) is 3.65. The van der Waals surface area contributed by atoms with Gasteiger partial charge in [-0.25, -0.2) is 0 Å². The molecule has 86 valence electrons. The average Bonchev–Trinajstić information content (AvgIpc) is 2.39. The maximum absolute atomic E-state index is 5.89. The van der Waals surface area contributed by atoms with E-state index < -0.39 is 0 Å². The molecule has 0 nitrogen and oxygen atoms in total. The van der Waals surface area contributed by atoms with Gasteiger partial charge in [-0.15, -0.1) is 0 Å². The van der Waals surface area contributed by atoms with Crippen LogP contribution in [0.3, 0.4) is 0 Å². The number of hydrogen-bond donors (Lipinski definition) is 0. The summed E-state index contributed by atoms with van der Waals surface area (Å²) in [5.74, 6) is 0. The molecule has 0 unspecified atom stereocenters. The van der Waals surface area contributed by atoms with Crippen LogP contribution in [-0.2, 0) is 6.42 Å². The number of aryl methyl sites for hydroxylation is 1. The standard InChI is InChI=1S/C16H15Cl/c1-3-13-6-4-5-7-16(13)12(2)14-8-10-15(17)11-9-14/h4-11H,2-3H2,1H3. The van der Waals surface area contributed by atoms with Gasteiger partial charge in [0, 0.05) is 5.02 Å². The van der Waals surface area contributed by atoms with Gasteiger partial charge in [0.1, 0.15) is 0 Å². The van der Waals surface area contributed by atoms with E-state index in [9.17, 15) is 0 Å². The zero-order valence-corrected chi connectivity index (χ0v) is 10.7. The third-order valence-corrected chi connectivity index (χ3v) is 3.17. The smallest absolute Gasteiger partial charge is 0.0406 e. The number of benzene rings is 2. The van der Waals surface area contributed by atoms with Crippen LogP contribution in [0.4, 0.5) is 0 Å². The predicted molar refractivity (Wildman–Crippen MR) is 75.4 cm³/mol. The largest absolute Gasteiger partial charge is 0.0905 e. The Bertz CT molecular complexity index is 523. The molecule has 0 heterocycles. The molecule has 2 rings (SSSR count). The van der Waals surface area contributed by atoms with E-state index in [0.717, 1.165) is 22.6 Å². The van der Waals surface area contributed by atoms with E-state index in [4.69, 9.17) is 11.6 Å². The minimum atomic E-state index is 0.755. The molecule has 0 saturated heterocycles. The SMILES string of the molecule is C=C(c1ccc(Cl)cc1)c1ccccc1CC. The third kappa shape index (κ3) is 2.59. The molecule has 17 heavy (non-hydrogen) atoms. The van der Waals surface area contributed by atoms with Crippen molar-refractivity contribution in [1.82, 2.24) is 0 Å². The Morgan fingerprint density at radius 2 is 1.71 bits per heavy atom. The van der Waals surface area contributed by atoms with Gasteiger partial charge in [-0.1, -0.05) is 61.5 Å². The summed E-state index contributed by atoms with van der Waals surface area (Å²) < 4.78 is 0. The topological polar surface area (TPSA) is 0 Å². The zero-order valence-electron chi connectivity index (χ0n) is 9.91. The van der Waals surface area contributed by atoms with Crippen molar-refractivity contribution in [3.63, 3.8) is 0 Å². The van der Waals surface area contributed by atoms with Gasteiger partial charge in [0.2, 0.25) is 0 Å². The summed E-state index contributed by atoms with van der Waals surface area (Å²) in [6.45, 7) is 6.35. The van der Waals surface area contributed by atoms with Crippen molar-refractivity contribution in [3.05, 3.63) is 76.8 Å². The molecule has 2 aromatic carbocycles. The molecule has 0 radical (unpaired) electrons. The first-order valence-corrected chi connectivity index (χ1v) is 6.13. The maximum Gasteiger partial charge on any atom is 0.0406 e. The van der Waals surface area contributed by atoms with E-state index in [2.05, 4.69) is 37.8 Å². The average molecular weight is 243 g/mol. The fourth-order valence-corrected chi connectivity index (χ4v) is 2.06. The molecule has 1 heteroatoms. The van der Waals surface area contributed by atoms with E-state index in [1.807, 2.05) is 24.3 Å². The van der Waals surface area contributed by atoms with E-state index in [1.54, 1.807) is 0 Å². The summed E-state index contributed by atoms with van der Waals surface area (Å²) in [7, 11) is 0. The Morgan fingerprint density at radius 1 is 1.06 bits per heavy atom. The summed E-state index contributed by atoms with van der Waals surface area (Å²) in [4.78, 5) is 0. The molecule has 0 atom stereocenters. The molecule has 0 aliphatic rings. The summed E-state index contributed by atoms with van der Waals surface area (Å²) >= 11 is 5.89. The van der Waals surface area contributed by atoms with Crippen molar-refractivity contribution < 1.29 is 0 Å². The van der Waals surface area contributed by atoms with Crippen molar-refractivity contribution in [2.75, 3.05) is 0 Å². The Labute approximate surface area is 108 Å². The molecule has 0 spiro atoms. The zero-order chi connectivity index (χ0) is 12.3. The molecule has 0 saturated carbocycles. The Hall–Kier alpha value is -1.53. The second-order valence-electron chi connectivity index (χ2n) is 4.00. The Morgan fingerprint density at radius 3 is 2.35 bits per heavy atom. The molecule has 0 fully saturated rings. The fraction of sp³-hybridized carbons (Fsp3) is 0.125. The van der Waals surface area contributed by atoms with Gasteiger partial charge in [-0.05, 0) is 40.8 Å². The number of halogens is 1. The lowest BCUT2D eigenvalue weighted by molar-refractivity contribution is 1.13. The lowest BCUT2D eigenvalue weighted by Gasteiger charge is -2.11. The minimum absolute atomic E-state index is 0.755.